The molecule has 0 saturated heterocycles. The molecule has 0 radical (unpaired) electrons. The van der Waals surface area contributed by atoms with Crippen LogP contribution >= 0.6 is 11.8 Å². The Morgan fingerprint density at radius 1 is 1.19 bits per heavy atom. The lowest BCUT2D eigenvalue weighted by atomic mass is 10.1. The number of rotatable bonds is 9. The topological polar surface area (TPSA) is 147 Å². The van der Waals surface area contributed by atoms with Gasteiger partial charge in [0.25, 0.3) is 0 Å². The van der Waals surface area contributed by atoms with Crippen LogP contribution in [0.25, 0.3) is 22.5 Å². The van der Waals surface area contributed by atoms with E-state index in [2.05, 4.69) is 14.7 Å². The Morgan fingerprint density at radius 3 is 2.69 bits per heavy atom. The molecule has 0 amide bonds. The van der Waals surface area contributed by atoms with Crippen LogP contribution in [0.5, 0.6) is 11.5 Å². The molecule has 5 rings (SSSR count). The van der Waals surface area contributed by atoms with Crippen molar-refractivity contribution in [1.29, 1.82) is 0 Å². The Hall–Kier alpha value is -3.29. The van der Waals surface area contributed by atoms with Gasteiger partial charge in [-0.05, 0) is 37.1 Å². The second-order valence-corrected chi connectivity index (χ2v) is 11.6. The summed E-state index contributed by atoms with van der Waals surface area (Å²) < 4.78 is 46.3. The second-order valence-electron chi connectivity index (χ2n) is 8.76. The Labute approximate surface area is 212 Å². The zero-order valence-electron chi connectivity index (χ0n) is 20.0. The molecule has 0 unspecified atom stereocenters. The van der Waals surface area contributed by atoms with Crippen molar-refractivity contribution in [2.24, 2.45) is 5.92 Å². The Bertz CT molecular complexity index is 1530. The summed E-state index contributed by atoms with van der Waals surface area (Å²) in [7, 11) is -3.41. The number of hydrogen-bond donors (Lipinski definition) is 2. The number of sulfonamides is 1. The van der Waals surface area contributed by atoms with Gasteiger partial charge in [0.2, 0.25) is 16.8 Å². The quantitative estimate of drug-likeness (QED) is 0.330. The summed E-state index contributed by atoms with van der Waals surface area (Å²) in [5, 5.41) is 0.573. The number of benzene rings is 1. The number of anilines is 1. The van der Waals surface area contributed by atoms with Gasteiger partial charge in [-0.25, -0.2) is 28.1 Å². The van der Waals surface area contributed by atoms with Gasteiger partial charge in [0.15, 0.2) is 33.6 Å². The third-order valence-electron chi connectivity index (χ3n) is 5.42. The number of fused-ring (bicyclic) bond motifs is 2. The molecule has 0 aliphatic carbocycles. The zero-order chi connectivity index (χ0) is 25.4. The highest BCUT2D eigenvalue weighted by atomic mass is 32.2. The number of ether oxygens (including phenoxy) is 2. The molecule has 1 aromatic carbocycles. The minimum absolute atomic E-state index is 0.0184. The van der Waals surface area contributed by atoms with Crippen molar-refractivity contribution in [3.05, 3.63) is 36.4 Å². The minimum atomic E-state index is -3.41. The maximum Gasteiger partial charge on any atom is 0.231 e. The molecule has 0 atom stereocenters. The molecule has 11 nitrogen and oxygen atoms in total. The predicted octanol–water partition coefficient (Wildman–Crippen LogP) is 3.43. The van der Waals surface area contributed by atoms with Gasteiger partial charge in [-0.1, -0.05) is 25.6 Å². The lowest BCUT2D eigenvalue weighted by Crippen LogP contribution is -2.31. The Morgan fingerprint density at radius 2 is 1.97 bits per heavy atom. The fraction of sp³-hybridized carbons (Fsp3) is 0.348. The standard InChI is InChI=1S/C23H26N6O5S2/c1-13(2)10-36(30,31)27-6-7-29-22-20(21(24)25-11-26-22)28-23(29)35-19-9-18-17(32-12-33-18)8-15(19)16-5-4-14(3)34-16/h4-5,8-9,11,13,27H,6-7,10,12H2,1-3H3,(H2,24,25,26). The molecule has 1 aliphatic heterocycles. The molecule has 36 heavy (non-hydrogen) atoms. The number of hydrogen-bond acceptors (Lipinski definition) is 10. The Kier molecular flexibility index (Phi) is 6.53. The van der Waals surface area contributed by atoms with E-state index in [-0.39, 0.29) is 30.8 Å². The summed E-state index contributed by atoms with van der Waals surface area (Å²) >= 11 is 1.37. The molecule has 4 heterocycles. The van der Waals surface area contributed by atoms with Crippen LogP contribution in [0, 0.1) is 12.8 Å². The smallest absolute Gasteiger partial charge is 0.231 e. The molecule has 0 saturated carbocycles. The average molecular weight is 531 g/mol. The van der Waals surface area contributed by atoms with E-state index >= 15 is 0 Å². The van der Waals surface area contributed by atoms with E-state index in [1.807, 2.05) is 49.6 Å². The van der Waals surface area contributed by atoms with Crippen LogP contribution in [-0.2, 0) is 16.6 Å². The van der Waals surface area contributed by atoms with Crippen molar-refractivity contribution in [2.45, 2.75) is 37.4 Å². The highest BCUT2D eigenvalue weighted by molar-refractivity contribution is 7.99. The first kappa shape index (κ1) is 24.4. The van der Waals surface area contributed by atoms with E-state index in [9.17, 15) is 8.42 Å². The molecular weight excluding hydrogens is 504 g/mol. The molecule has 3 aromatic heterocycles. The third-order valence-corrected chi connectivity index (χ3v) is 8.22. The average Bonchev–Trinajstić information content (AvgIpc) is 3.52. The minimum Gasteiger partial charge on any atom is -0.461 e. The summed E-state index contributed by atoms with van der Waals surface area (Å²) in [6, 6.07) is 7.55. The number of nitrogens with two attached hydrogens (primary N) is 1. The van der Waals surface area contributed by atoms with Gasteiger partial charge < -0.3 is 24.2 Å². The van der Waals surface area contributed by atoms with Crippen LogP contribution < -0.4 is 19.9 Å². The van der Waals surface area contributed by atoms with Crippen molar-refractivity contribution >= 4 is 38.8 Å². The lowest BCUT2D eigenvalue weighted by Gasteiger charge is -2.12. The molecule has 0 spiro atoms. The highest BCUT2D eigenvalue weighted by Crippen LogP contribution is 2.45. The first-order valence-electron chi connectivity index (χ1n) is 11.3. The summed E-state index contributed by atoms with van der Waals surface area (Å²) in [6.45, 7) is 6.21. The van der Waals surface area contributed by atoms with E-state index in [1.165, 1.54) is 18.1 Å². The maximum absolute atomic E-state index is 12.4. The molecular formula is C23H26N6O5S2. The Balaban J connectivity index is 1.52. The molecule has 1 aliphatic rings. The fourth-order valence-electron chi connectivity index (χ4n) is 3.90. The first-order chi connectivity index (χ1) is 17.2. The van der Waals surface area contributed by atoms with E-state index in [0.29, 0.717) is 40.1 Å². The second kappa shape index (κ2) is 9.64. The van der Waals surface area contributed by atoms with Gasteiger partial charge in [0.05, 0.1) is 5.75 Å². The third kappa shape index (κ3) is 4.99. The molecule has 13 heteroatoms. The van der Waals surface area contributed by atoms with Gasteiger partial charge in [0.1, 0.15) is 17.8 Å². The number of nitrogens with zero attached hydrogens (tertiary/aromatic N) is 4. The number of nitrogens with one attached hydrogen (secondary N) is 1. The number of imidazole rings is 1. The number of furan rings is 1. The van der Waals surface area contributed by atoms with Crippen LogP contribution in [0.3, 0.4) is 0 Å². The normalized spacial score (nSPS) is 13.2. The van der Waals surface area contributed by atoms with Crippen LogP contribution in [0.1, 0.15) is 19.6 Å². The summed E-state index contributed by atoms with van der Waals surface area (Å²) in [5.41, 5.74) is 7.86. The fourth-order valence-corrected chi connectivity index (χ4v) is 6.36. The molecule has 0 fully saturated rings. The van der Waals surface area contributed by atoms with Crippen molar-refractivity contribution < 1.29 is 22.3 Å². The monoisotopic (exact) mass is 530 g/mol. The molecule has 3 N–H and O–H groups in total. The van der Waals surface area contributed by atoms with Crippen LogP contribution in [0.15, 0.2) is 45.1 Å². The van der Waals surface area contributed by atoms with Crippen LogP contribution in [-0.4, -0.2) is 47.0 Å². The van der Waals surface area contributed by atoms with E-state index in [1.54, 1.807) is 0 Å². The number of aromatic nitrogens is 4. The molecule has 4 aromatic rings. The molecule has 0 bridgehead atoms. The van der Waals surface area contributed by atoms with Gasteiger partial charge >= 0.3 is 0 Å². The first-order valence-corrected chi connectivity index (χ1v) is 13.8. The van der Waals surface area contributed by atoms with Gasteiger partial charge in [-0.2, -0.15) is 0 Å². The van der Waals surface area contributed by atoms with Crippen molar-refractivity contribution in [1.82, 2.24) is 24.2 Å². The maximum atomic E-state index is 12.4. The van der Waals surface area contributed by atoms with Crippen LogP contribution in [0.2, 0.25) is 0 Å². The van der Waals surface area contributed by atoms with E-state index in [4.69, 9.17) is 24.6 Å². The van der Waals surface area contributed by atoms with Crippen molar-refractivity contribution in [3.8, 4) is 22.8 Å². The summed E-state index contributed by atoms with van der Waals surface area (Å²) in [5.74, 6) is 3.02. The van der Waals surface area contributed by atoms with Crippen molar-refractivity contribution in [2.75, 3.05) is 24.8 Å². The summed E-state index contributed by atoms with van der Waals surface area (Å²) in [6.07, 6.45) is 1.37. The number of aryl methyl sites for hydroxylation is 1. The highest BCUT2D eigenvalue weighted by Gasteiger charge is 2.23. The number of nitrogen functional groups attached to an aromatic ring is 1. The van der Waals surface area contributed by atoms with Gasteiger partial charge in [0, 0.05) is 23.5 Å². The zero-order valence-corrected chi connectivity index (χ0v) is 21.6. The molecule has 190 valence electrons. The van der Waals surface area contributed by atoms with Gasteiger partial charge in [-0.15, -0.1) is 0 Å². The lowest BCUT2D eigenvalue weighted by molar-refractivity contribution is 0.174. The van der Waals surface area contributed by atoms with E-state index in [0.717, 1.165) is 16.2 Å². The van der Waals surface area contributed by atoms with Crippen LogP contribution in [0.4, 0.5) is 5.82 Å². The van der Waals surface area contributed by atoms with Crippen molar-refractivity contribution in [3.63, 3.8) is 0 Å². The summed E-state index contributed by atoms with van der Waals surface area (Å²) in [4.78, 5) is 13.9. The van der Waals surface area contributed by atoms with E-state index < -0.39 is 10.0 Å². The van der Waals surface area contributed by atoms with Gasteiger partial charge in [-0.3, -0.25) is 0 Å². The SMILES string of the molecule is Cc1ccc(-c2cc3c(cc2Sc2nc4c(N)ncnc4n2CCNS(=O)(=O)CC(C)C)OCO3)o1. The predicted molar refractivity (Wildman–Crippen MR) is 135 cm³/mol. The largest absolute Gasteiger partial charge is 0.461 e.